The number of benzene rings is 9. The monoisotopic (exact) mass is 756 g/mol. The first-order valence-electron chi connectivity index (χ1n) is 19.8. The van der Waals surface area contributed by atoms with Gasteiger partial charge in [-0.15, -0.1) is 11.3 Å². The molecule has 0 aliphatic rings. The molecule has 4 heteroatoms. The fraction of sp³-hybridized carbons (Fsp3) is 0. The van der Waals surface area contributed by atoms with Crippen molar-refractivity contribution < 1.29 is 4.42 Å². The van der Waals surface area contributed by atoms with E-state index in [9.17, 15) is 0 Å². The highest BCUT2D eigenvalue weighted by Gasteiger charge is 2.22. The largest absolute Gasteiger partial charge is 0.456 e. The molecule has 0 radical (unpaired) electrons. The number of aromatic nitrogens is 1. The minimum atomic E-state index is 0.863. The molecule has 0 bridgehead atoms. The molecule has 0 aliphatic carbocycles. The Morgan fingerprint density at radius 1 is 0.397 bits per heavy atom. The van der Waals surface area contributed by atoms with Crippen LogP contribution in [0.3, 0.4) is 0 Å². The van der Waals surface area contributed by atoms with Crippen molar-refractivity contribution in [3.63, 3.8) is 0 Å². The third kappa shape index (κ3) is 4.49. The van der Waals surface area contributed by atoms with Crippen molar-refractivity contribution in [2.75, 3.05) is 4.90 Å². The molecule has 270 valence electrons. The van der Waals surface area contributed by atoms with E-state index in [2.05, 4.69) is 203 Å². The molecule has 0 saturated carbocycles. The van der Waals surface area contributed by atoms with Gasteiger partial charge in [0.2, 0.25) is 0 Å². The maximum Gasteiger partial charge on any atom is 0.137 e. The number of hydrogen-bond acceptors (Lipinski definition) is 3. The van der Waals surface area contributed by atoms with Gasteiger partial charge in [-0.3, -0.25) is 0 Å². The molecule has 3 nitrogen and oxygen atoms in total. The summed E-state index contributed by atoms with van der Waals surface area (Å²) in [5, 5.41) is 9.88. The van der Waals surface area contributed by atoms with Gasteiger partial charge in [-0.25, -0.2) is 0 Å². The van der Waals surface area contributed by atoms with Gasteiger partial charge in [0, 0.05) is 75.5 Å². The van der Waals surface area contributed by atoms with Crippen molar-refractivity contribution >= 4 is 109 Å². The SMILES string of the molecule is c1ccc(-c2ccc(N(c3ccc4c(c3)oc3cc(-c5cccc6c7cccc8c9ccccc9n(c56)c87)ccc34)c3cccc4sc5ccccc5c34)cc2)cc1. The first-order valence-corrected chi connectivity index (χ1v) is 20.6. The van der Waals surface area contributed by atoms with Gasteiger partial charge in [0.15, 0.2) is 0 Å². The fourth-order valence-corrected chi connectivity index (χ4v) is 10.7. The Balaban J connectivity index is 0.990. The molecule has 13 aromatic rings. The van der Waals surface area contributed by atoms with E-state index in [1.165, 1.54) is 75.0 Å². The average molecular weight is 757 g/mol. The van der Waals surface area contributed by atoms with E-state index < -0.39 is 0 Å². The first kappa shape index (κ1) is 31.8. The fourth-order valence-electron chi connectivity index (χ4n) is 9.58. The Morgan fingerprint density at radius 2 is 1.00 bits per heavy atom. The summed E-state index contributed by atoms with van der Waals surface area (Å²) in [6.07, 6.45) is 0. The molecule has 0 unspecified atom stereocenters. The van der Waals surface area contributed by atoms with Crippen molar-refractivity contribution in [2.45, 2.75) is 0 Å². The van der Waals surface area contributed by atoms with Gasteiger partial charge in [0.05, 0.1) is 22.2 Å². The van der Waals surface area contributed by atoms with Crippen LogP contribution in [0.2, 0.25) is 0 Å². The van der Waals surface area contributed by atoms with Crippen LogP contribution in [0, 0.1) is 0 Å². The summed E-state index contributed by atoms with van der Waals surface area (Å²) in [7, 11) is 0. The zero-order valence-electron chi connectivity index (χ0n) is 31.2. The third-order valence-corrected chi connectivity index (χ3v) is 13.3. The minimum Gasteiger partial charge on any atom is -0.456 e. The van der Waals surface area contributed by atoms with E-state index >= 15 is 0 Å². The first-order chi connectivity index (χ1) is 28.8. The molecule has 0 fully saturated rings. The number of para-hydroxylation sites is 3. The molecular formula is C54H32N2OS. The van der Waals surface area contributed by atoms with E-state index in [0.717, 1.165) is 44.6 Å². The maximum atomic E-state index is 6.86. The van der Waals surface area contributed by atoms with E-state index in [1.54, 1.807) is 0 Å². The third-order valence-electron chi connectivity index (χ3n) is 12.1. The van der Waals surface area contributed by atoms with Crippen molar-refractivity contribution in [1.29, 1.82) is 0 Å². The van der Waals surface area contributed by atoms with Crippen LogP contribution in [-0.4, -0.2) is 4.40 Å². The van der Waals surface area contributed by atoms with Crippen molar-refractivity contribution in [3.05, 3.63) is 194 Å². The summed E-state index contributed by atoms with van der Waals surface area (Å²) in [5.74, 6) is 0. The Hall–Kier alpha value is -7.40. The van der Waals surface area contributed by atoms with Gasteiger partial charge in [0.25, 0.3) is 0 Å². The summed E-state index contributed by atoms with van der Waals surface area (Å²) in [4.78, 5) is 2.39. The summed E-state index contributed by atoms with van der Waals surface area (Å²) < 4.78 is 11.9. The van der Waals surface area contributed by atoms with Gasteiger partial charge in [-0.2, -0.15) is 0 Å². The topological polar surface area (TPSA) is 20.8 Å². The van der Waals surface area contributed by atoms with Gasteiger partial charge >= 0.3 is 0 Å². The Bertz CT molecular complexity index is 3740. The number of anilines is 3. The van der Waals surface area contributed by atoms with Crippen LogP contribution >= 0.6 is 11.3 Å². The molecule has 4 aromatic heterocycles. The van der Waals surface area contributed by atoms with E-state index in [4.69, 9.17) is 4.42 Å². The van der Waals surface area contributed by atoms with Crippen LogP contribution in [0.4, 0.5) is 17.1 Å². The minimum absolute atomic E-state index is 0.863. The lowest BCUT2D eigenvalue weighted by atomic mass is 10.00. The second kappa shape index (κ2) is 12.1. The molecule has 58 heavy (non-hydrogen) atoms. The van der Waals surface area contributed by atoms with E-state index in [1.807, 2.05) is 11.3 Å². The Labute approximate surface area is 337 Å². The lowest BCUT2D eigenvalue weighted by molar-refractivity contribution is 0.669. The summed E-state index contributed by atoms with van der Waals surface area (Å²) in [5.41, 5.74) is 13.5. The molecule has 0 aliphatic heterocycles. The lowest BCUT2D eigenvalue weighted by Gasteiger charge is -2.26. The van der Waals surface area contributed by atoms with E-state index in [0.29, 0.717) is 0 Å². The van der Waals surface area contributed by atoms with Gasteiger partial charge in [-0.1, -0.05) is 127 Å². The van der Waals surface area contributed by atoms with Crippen LogP contribution < -0.4 is 4.90 Å². The number of fused-ring (bicyclic) bond motifs is 12. The van der Waals surface area contributed by atoms with Gasteiger partial charge < -0.3 is 13.7 Å². The van der Waals surface area contributed by atoms with Gasteiger partial charge in [0.1, 0.15) is 11.2 Å². The van der Waals surface area contributed by atoms with Gasteiger partial charge in [-0.05, 0) is 77.4 Å². The van der Waals surface area contributed by atoms with Crippen LogP contribution in [0.5, 0.6) is 0 Å². The molecule has 13 rings (SSSR count). The zero-order chi connectivity index (χ0) is 37.9. The molecule has 9 aromatic carbocycles. The highest BCUT2D eigenvalue weighted by atomic mass is 32.1. The number of hydrogen-bond donors (Lipinski definition) is 0. The zero-order valence-corrected chi connectivity index (χ0v) is 32.0. The normalized spacial score (nSPS) is 12.1. The number of rotatable bonds is 5. The van der Waals surface area contributed by atoms with Crippen LogP contribution in [0.25, 0.3) is 102 Å². The van der Waals surface area contributed by atoms with Crippen molar-refractivity contribution in [3.8, 4) is 22.3 Å². The summed E-state index contributed by atoms with van der Waals surface area (Å²) in [6, 6.07) is 70.5. The summed E-state index contributed by atoms with van der Waals surface area (Å²) >= 11 is 1.85. The molecular weight excluding hydrogens is 725 g/mol. The van der Waals surface area contributed by atoms with Crippen molar-refractivity contribution in [1.82, 2.24) is 4.40 Å². The molecule has 0 amide bonds. The number of furan rings is 1. The number of nitrogens with zero attached hydrogens (tertiary/aromatic N) is 2. The van der Waals surface area contributed by atoms with Crippen LogP contribution in [0.1, 0.15) is 0 Å². The Kier molecular flexibility index (Phi) is 6.60. The molecule has 0 saturated heterocycles. The second-order valence-electron chi connectivity index (χ2n) is 15.2. The molecule has 0 N–H and O–H groups in total. The summed E-state index contributed by atoms with van der Waals surface area (Å²) in [6.45, 7) is 0. The molecule has 4 heterocycles. The Morgan fingerprint density at radius 3 is 1.86 bits per heavy atom. The predicted molar refractivity (Wildman–Crippen MR) is 247 cm³/mol. The highest BCUT2D eigenvalue weighted by Crippen LogP contribution is 2.47. The highest BCUT2D eigenvalue weighted by molar-refractivity contribution is 7.26. The molecule has 0 atom stereocenters. The number of thiophene rings is 1. The average Bonchev–Trinajstić information content (AvgIpc) is 4.04. The predicted octanol–water partition coefficient (Wildman–Crippen LogP) is 15.9. The smallest absolute Gasteiger partial charge is 0.137 e. The van der Waals surface area contributed by atoms with E-state index in [-0.39, 0.29) is 0 Å². The molecule has 0 spiro atoms. The second-order valence-corrected chi connectivity index (χ2v) is 16.3. The standard InChI is InChI=1S/C54H32N2OS/c1-2-11-33(12-3-1)34-23-26-36(27-24-34)55(47-20-10-22-51-52(47)45-14-5-7-21-50(45)58-51)37-28-30-41-40-29-25-35(31-48(40)57-49(41)32-37)38-15-8-17-43-44-18-9-16-42-39-13-4-6-19-46(39)56(53(38)43)54(42)44/h1-32H. The maximum absolute atomic E-state index is 6.86. The van der Waals surface area contributed by atoms with Crippen LogP contribution in [0.15, 0.2) is 199 Å². The van der Waals surface area contributed by atoms with Crippen molar-refractivity contribution in [2.24, 2.45) is 0 Å². The van der Waals surface area contributed by atoms with Crippen LogP contribution in [-0.2, 0) is 0 Å². The lowest BCUT2D eigenvalue weighted by Crippen LogP contribution is -2.10. The quantitative estimate of drug-likeness (QED) is 0.174.